The van der Waals surface area contributed by atoms with Crippen LogP contribution in [-0.2, 0) is 19.1 Å². The number of ketones is 1. The fraction of sp³-hybridized carbons (Fsp3) is 0.750. The van der Waals surface area contributed by atoms with Gasteiger partial charge in [0.2, 0.25) is 5.91 Å². The summed E-state index contributed by atoms with van der Waals surface area (Å²) >= 11 is 0. The van der Waals surface area contributed by atoms with Gasteiger partial charge in [-0.25, -0.2) is 0 Å². The van der Waals surface area contributed by atoms with Crippen LogP contribution in [0, 0.1) is 0 Å². The van der Waals surface area contributed by atoms with Crippen LogP contribution in [0.2, 0.25) is 0 Å². The van der Waals surface area contributed by atoms with Gasteiger partial charge in [0.15, 0.2) is 0 Å². The molecule has 0 atom stereocenters. The van der Waals surface area contributed by atoms with Crippen LogP contribution in [0.4, 0.5) is 0 Å². The van der Waals surface area contributed by atoms with E-state index in [4.69, 9.17) is 0 Å². The van der Waals surface area contributed by atoms with E-state index < -0.39 is 0 Å². The number of esters is 1. The van der Waals surface area contributed by atoms with Crippen molar-refractivity contribution in [2.24, 2.45) is 0 Å². The van der Waals surface area contributed by atoms with Crippen LogP contribution in [0.3, 0.4) is 0 Å². The molecule has 6 nitrogen and oxygen atoms in total. The lowest BCUT2D eigenvalue weighted by Crippen LogP contribution is -2.49. The monoisotopic (exact) mass is 256 g/mol. The van der Waals surface area contributed by atoms with Crippen molar-refractivity contribution in [2.45, 2.75) is 19.8 Å². The number of Topliss-reactive ketones (excluding diaryl/α,β-unsaturated/α-hetero) is 1. The van der Waals surface area contributed by atoms with Gasteiger partial charge in [0, 0.05) is 32.7 Å². The van der Waals surface area contributed by atoms with Crippen LogP contribution >= 0.6 is 0 Å². The predicted octanol–water partition coefficient (Wildman–Crippen LogP) is -0.327. The number of nitrogens with zero attached hydrogens (tertiary/aromatic N) is 2. The van der Waals surface area contributed by atoms with E-state index in [0.29, 0.717) is 26.1 Å². The van der Waals surface area contributed by atoms with Crippen molar-refractivity contribution in [3.63, 3.8) is 0 Å². The Bertz CT molecular complexity index is 322. The van der Waals surface area contributed by atoms with E-state index in [1.165, 1.54) is 14.0 Å². The zero-order chi connectivity index (χ0) is 13.5. The van der Waals surface area contributed by atoms with Gasteiger partial charge in [0.25, 0.3) is 0 Å². The SMILES string of the molecule is COC(=O)CCN1CCN(C(=O)CC(C)=O)CC1. The first-order chi connectivity index (χ1) is 8.52. The van der Waals surface area contributed by atoms with Gasteiger partial charge < -0.3 is 9.64 Å². The maximum atomic E-state index is 11.6. The van der Waals surface area contributed by atoms with Gasteiger partial charge >= 0.3 is 5.97 Å². The van der Waals surface area contributed by atoms with Crippen LogP contribution in [0.15, 0.2) is 0 Å². The van der Waals surface area contributed by atoms with Gasteiger partial charge in [-0.05, 0) is 6.92 Å². The Kier molecular flexibility index (Phi) is 5.77. The molecule has 1 fully saturated rings. The summed E-state index contributed by atoms with van der Waals surface area (Å²) in [6, 6.07) is 0. The van der Waals surface area contributed by atoms with Crippen molar-refractivity contribution < 1.29 is 19.1 Å². The molecule has 102 valence electrons. The van der Waals surface area contributed by atoms with Crippen LogP contribution in [0.25, 0.3) is 0 Å². The molecule has 0 radical (unpaired) electrons. The van der Waals surface area contributed by atoms with Crippen molar-refractivity contribution in [2.75, 3.05) is 39.8 Å². The maximum absolute atomic E-state index is 11.6. The lowest BCUT2D eigenvalue weighted by atomic mass is 10.2. The molecule has 1 aliphatic heterocycles. The van der Waals surface area contributed by atoms with Crippen LogP contribution in [0.5, 0.6) is 0 Å². The summed E-state index contributed by atoms with van der Waals surface area (Å²) in [7, 11) is 1.38. The van der Waals surface area contributed by atoms with Crippen molar-refractivity contribution >= 4 is 17.7 Å². The molecule has 1 heterocycles. The molecule has 18 heavy (non-hydrogen) atoms. The van der Waals surface area contributed by atoms with Gasteiger partial charge in [0.05, 0.1) is 20.0 Å². The zero-order valence-electron chi connectivity index (χ0n) is 11.0. The first-order valence-electron chi connectivity index (χ1n) is 6.09. The number of piperazine rings is 1. The minimum atomic E-state index is -0.218. The number of amides is 1. The van der Waals surface area contributed by atoms with Gasteiger partial charge in [-0.15, -0.1) is 0 Å². The molecule has 0 aromatic carbocycles. The molecule has 0 bridgehead atoms. The molecule has 0 spiro atoms. The number of carbonyl (C=O) groups is 3. The third-order valence-electron chi connectivity index (χ3n) is 2.98. The van der Waals surface area contributed by atoms with Crippen LogP contribution in [0.1, 0.15) is 19.8 Å². The van der Waals surface area contributed by atoms with E-state index in [0.717, 1.165) is 13.1 Å². The molecule has 0 aromatic rings. The molecule has 0 saturated carbocycles. The summed E-state index contributed by atoms with van der Waals surface area (Å²) in [5.41, 5.74) is 0. The van der Waals surface area contributed by atoms with E-state index in [1.54, 1.807) is 4.90 Å². The summed E-state index contributed by atoms with van der Waals surface area (Å²) in [5, 5.41) is 0. The zero-order valence-corrected chi connectivity index (χ0v) is 11.0. The number of carbonyl (C=O) groups excluding carboxylic acids is 3. The lowest BCUT2D eigenvalue weighted by Gasteiger charge is -2.34. The van der Waals surface area contributed by atoms with Crippen LogP contribution < -0.4 is 0 Å². The summed E-state index contributed by atoms with van der Waals surface area (Å²) < 4.78 is 4.58. The molecule has 1 rings (SSSR count). The van der Waals surface area contributed by atoms with E-state index in [-0.39, 0.29) is 24.1 Å². The Labute approximate surface area is 107 Å². The average molecular weight is 256 g/mol. The highest BCUT2D eigenvalue weighted by molar-refractivity contribution is 5.96. The number of hydrogen-bond acceptors (Lipinski definition) is 5. The fourth-order valence-electron chi connectivity index (χ4n) is 1.90. The Balaban J connectivity index is 2.26. The summed E-state index contributed by atoms with van der Waals surface area (Å²) in [6.07, 6.45) is 0.361. The van der Waals surface area contributed by atoms with Crippen molar-refractivity contribution in [3.8, 4) is 0 Å². The number of methoxy groups -OCH3 is 1. The van der Waals surface area contributed by atoms with E-state index in [9.17, 15) is 14.4 Å². The molecular weight excluding hydrogens is 236 g/mol. The average Bonchev–Trinajstić information content (AvgIpc) is 2.35. The Hall–Kier alpha value is -1.43. The molecule has 0 aromatic heterocycles. The minimum Gasteiger partial charge on any atom is -0.469 e. The molecule has 6 heteroatoms. The second-order valence-corrected chi connectivity index (χ2v) is 4.43. The van der Waals surface area contributed by atoms with Gasteiger partial charge in [-0.1, -0.05) is 0 Å². The lowest BCUT2D eigenvalue weighted by molar-refractivity contribution is -0.142. The van der Waals surface area contributed by atoms with Gasteiger partial charge in [-0.3, -0.25) is 19.3 Å². The smallest absolute Gasteiger partial charge is 0.306 e. The summed E-state index contributed by atoms with van der Waals surface area (Å²) in [6.45, 7) is 4.79. The third-order valence-corrected chi connectivity index (χ3v) is 2.98. The quantitative estimate of drug-likeness (QED) is 0.498. The summed E-state index contributed by atoms with van der Waals surface area (Å²) in [4.78, 5) is 37.3. The van der Waals surface area contributed by atoms with Gasteiger partial charge in [0.1, 0.15) is 5.78 Å². The molecule has 1 saturated heterocycles. The second kappa shape index (κ2) is 7.10. The maximum Gasteiger partial charge on any atom is 0.306 e. The van der Waals surface area contributed by atoms with Crippen molar-refractivity contribution in [1.29, 1.82) is 0 Å². The number of hydrogen-bond donors (Lipinski definition) is 0. The standard InChI is InChI=1S/C12H20N2O4/c1-10(15)9-11(16)14-7-5-13(6-8-14)4-3-12(17)18-2/h3-9H2,1-2H3. The predicted molar refractivity (Wildman–Crippen MR) is 65.0 cm³/mol. The Morgan fingerprint density at radius 1 is 1.11 bits per heavy atom. The normalized spacial score (nSPS) is 16.4. The van der Waals surface area contributed by atoms with Gasteiger partial charge in [-0.2, -0.15) is 0 Å². The molecule has 1 aliphatic rings. The molecule has 1 amide bonds. The van der Waals surface area contributed by atoms with E-state index in [2.05, 4.69) is 9.64 Å². The van der Waals surface area contributed by atoms with Crippen molar-refractivity contribution in [1.82, 2.24) is 9.80 Å². The minimum absolute atomic E-state index is 0.0117. The molecule has 0 aliphatic carbocycles. The Morgan fingerprint density at radius 3 is 2.22 bits per heavy atom. The second-order valence-electron chi connectivity index (χ2n) is 4.43. The first kappa shape index (κ1) is 14.6. The first-order valence-corrected chi connectivity index (χ1v) is 6.09. The number of rotatable bonds is 5. The van der Waals surface area contributed by atoms with E-state index in [1.807, 2.05) is 0 Å². The highest BCUT2D eigenvalue weighted by Crippen LogP contribution is 2.05. The third kappa shape index (κ3) is 4.83. The molecular formula is C12H20N2O4. The fourth-order valence-corrected chi connectivity index (χ4v) is 1.90. The molecule has 0 unspecified atom stereocenters. The van der Waals surface area contributed by atoms with E-state index >= 15 is 0 Å². The highest BCUT2D eigenvalue weighted by Gasteiger charge is 2.21. The van der Waals surface area contributed by atoms with Crippen LogP contribution in [-0.4, -0.2) is 67.3 Å². The summed E-state index contributed by atoms with van der Waals surface area (Å²) in [5.74, 6) is -0.423. The highest BCUT2D eigenvalue weighted by atomic mass is 16.5. The van der Waals surface area contributed by atoms with Crippen molar-refractivity contribution in [3.05, 3.63) is 0 Å². The number of ether oxygens (including phenoxy) is 1. The largest absolute Gasteiger partial charge is 0.469 e. The Morgan fingerprint density at radius 2 is 1.72 bits per heavy atom. The topological polar surface area (TPSA) is 66.9 Å². The molecule has 0 N–H and O–H groups in total.